The van der Waals surface area contributed by atoms with Gasteiger partial charge in [-0.3, -0.25) is 0 Å². The summed E-state index contributed by atoms with van der Waals surface area (Å²) in [7, 11) is 0. The Balaban J connectivity index is 1.97. The summed E-state index contributed by atoms with van der Waals surface area (Å²) in [6, 6.07) is 0. The molecular formula is C20H38. The summed E-state index contributed by atoms with van der Waals surface area (Å²) < 4.78 is 0. The molecule has 0 aliphatic heterocycles. The van der Waals surface area contributed by atoms with Crippen LogP contribution in [0.25, 0.3) is 0 Å². The molecule has 0 spiro atoms. The summed E-state index contributed by atoms with van der Waals surface area (Å²) in [6.45, 7) is 12.5. The molecular weight excluding hydrogens is 240 g/mol. The van der Waals surface area contributed by atoms with Crippen molar-refractivity contribution in [3.05, 3.63) is 0 Å². The Morgan fingerprint density at radius 3 is 2.00 bits per heavy atom. The molecule has 118 valence electrons. The van der Waals surface area contributed by atoms with Crippen LogP contribution in [0.1, 0.15) is 92.4 Å². The van der Waals surface area contributed by atoms with Crippen molar-refractivity contribution >= 4 is 0 Å². The zero-order valence-corrected chi connectivity index (χ0v) is 14.8. The van der Waals surface area contributed by atoms with Gasteiger partial charge in [-0.15, -0.1) is 0 Å². The Morgan fingerprint density at radius 1 is 0.750 bits per heavy atom. The molecule has 20 heavy (non-hydrogen) atoms. The lowest BCUT2D eigenvalue weighted by atomic mass is 9.68. The van der Waals surface area contributed by atoms with Crippen molar-refractivity contribution in [2.24, 2.45) is 35.0 Å². The molecule has 0 heterocycles. The number of fused-ring (bicyclic) bond motifs is 1. The van der Waals surface area contributed by atoms with Crippen molar-refractivity contribution in [2.75, 3.05) is 0 Å². The fourth-order valence-corrected chi connectivity index (χ4v) is 5.00. The van der Waals surface area contributed by atoms with E-state index in [0.29, 0.717) is 5.41 Å². The summed E-state index contributed by atoms with van der Waals surface area (Å²) in [4.78, 5) is 0. The maximum Gasteiger partial charge on any atom is -0.0352 e. The molecule has 0 bridgehead atoms. The van der Waals surface area contributed by atoms with Gasteiger partial charge in [0.1, 0.15) is 0 Å². The lowest BCUT2D eigenvalue weighted by Crippen LogP contribution is -2.27. The lowest BCUT2D eigenvalue weighted by Gasteiger charge is -2.38. The zero-order valence-electron chi connectivity index (χ0n) is 14.8. The van der Waals surface area contributed by atoms with Crippen LogP contribution in [0.3, 0.4) is 0 Å². The van der Waals surface area contributed by atoms with Crippen LogP contribution in [0.15, 0.2) is 0 Å². The molecule has 0 radical (unpaired) electrons. The van der Waals surface area contributed by atoms with E-state index in [4.69, 9.17) is 0 Å². The van der Waals surface area contributed by atoms with Gasteiger partial charge in [0, 0.05) is 0 Å². The first kappa shape index (κ1) is 16.4. The standard InChI is InChI=1S/C20H38/c1-15-13-17(3)16(2)8-9-19-11-10-18(19)7-6-12-20(4,5)14-15/h15-19H,6-14H2,1-5H3. The van der Waals surface area contributed by atoms with Gasteiger partial charge in [0.05, 0.1) is 0 Å². The molecule has 0 aromatic heterocycles. The zero-order chi connectivity index (χ0) is 14.8. The SMILES string of the molecule is CC1CC(C)C(C)CCC2CCC2CCCC(C)(C)C1. The first-order valence-corrected chi connectivity index (χ1v) is 9.37. The van der Waals surface area contributed by atoms with E-state index in [1.165, 1.54) is 57.8 Å². The third kappa shape index (κ3) is 4.50. The molecule has 0 amide bonds. The highest BCUT2D eigenvalue weighted by Crippen LogP contribution is 2.44. The monoisotopic (exact) mass is 278 g/mol. The molecule has 0 aromatic rings. The predicted molar refractivity (Wildman–Crippen MR) is 89.8 cm³/mol. The summed E-state index contributed by atoms with van der Waals surface area (Å²) >= 11 is 0. The largest absolute Gasteiger partial charge is 0.0625 e. The second-order valence-electron chi connectivity index (χ2n) is 9.23. The van der Waals surface area contributed by atoms with E-state index >= 15 is 0 Å². The topological polar surface area (TPSA) is 0 Å². The Kier molecular flexibility index (Phi) is 5.60. The van der Waals surface area contributed by atoms with E-state index in [-0.39, 0.29) is 0 Å². The first-order chi connectivity index (χ1) is 9.37. The maximum atomic E-state index is 2.51. The minimum Gasteiger partial charge on any atom is -0.0625 e. The van der Waals surface area contributed by atoms with Crippen molar-refractivity contribution in [1.29, 1.82) is 0 Å². The fourth-order valence-electron chi connectivity index (χ4n) is 5.00. The average molecular weight is 279 g/mol. The van der Waals surface area contributed by atoms with Gasteiger partial charge in [0.25, 0.3) is 0 Å². The normalized spacial score (nSPS) is 43.4. The molecule has 0 saturated heterocycles. The second-order valence-corrected chi connectivity index (χ2v) is 9.23. The molecule has 2 aliphatic carbocycles. The van der Waals surface area contributed by atoms with E-state index in [0.717, 1.165) is 29.6 Å². The van der Waals surface area contributed by atoms with Crippen LogP contribution in [0, 0.1) is 35.0 Å². The van der Waals surface area contributed by atoms with Crippen molar-refractivity contribution in [2.45, 2.75) is 92.4 Å². The minimum atomic E-state index is 0.565. The lowest BCUT2D eigenvalue weighted by molar-refractivity contribution is 0.132. The van der Waals surface area contributed by atoms with Crippen molar-refractivity contribution < 1.29 is 0 Å². The smallest absolute Gasteiger partial charge is 0.0352 e. The molecule has 0 aromatic carbocycles. The highest BCUT2D eigenvalue weighted by atomic mass is 14.4. The summed E-state index contributed by atoms with van der Waals surface area (Å²) in [5.74, 6) is 4.93. The predicted octanol–water partition coefficient (Wildman–Crippen LogP) is 6.69. The third-order valence-electron chi connectivity index (χ3n) is 6.64. The Morgan fingerprint density at radius 2 is 1.35 bits per heavy atom. The molecule has 2 rings (SSSR count). The number of hydrogen-bond donors (Lipinski definition) is 0. The molecule has 0 heteroatoms. The van der Waals surface area contributed by atoms with E-state index < -0.39 is 0 Å². The molecule has 0 N–H and O–H groups in total. The van der Waals surface area contributed by atoms with Gasteiger partial charge < -0.3 is 0 Å². The Bertz CT molecular complexity index is 290. The van der Waals surface area contributed by atoms with Gasteiger partial charge in [-0.25, -0.2) is 0 Å². The van der Waals surface area contributed by atoms with E-state index in [2.05, 4.69) is 34.6 Å². The highest BCUT2D eigenvalue weighted by molar-refractivity contribution is 4.83. The molecule has 2 saturated carbocycles. The highest BCUT2D eigenvalue weighted by Gasteiger charge is 2.32. The minimum absolute atomic E-state index is 0.565. The number of rotatable bonds is 0. The molecule has 5 atom stereocenters. The van der Waals surface area contributed by atoms with Crippen LogP contribution in [-0.4, -0.2) is 0 Å². The summed E-state index contributed by atoms with van der Waals surface area (Å²) in [6.07, 6.45) is 13.4. The third-order valence-corrected chi connectivity index (χ3v) is 6.64. The van der Waals surface area contributed by atoms with Crippen LogP contribution in [0.2, 0.25) is 0 Å². The Hall–Kier alpha value is 0. The van der Waals surface area contributed by atoms with Gasteiger partial charge in [-0.2, -0.15) is 0 Å². The van der Waals surface area contributed by atoms with Gasteiger partial charge in [0.2, 0.25) is 0 Å². The van der Waals surface area contributed by atoms with E-state index in [9.17, 15) is 0 Å². The van der Waals surface area contributed by atoms with Crippen LogP contribution < -0.4 is 0 Å². The van der Waals surface area contributed by atoms with Gasteiger partial charge >= 0.3 is 0 Å². The van der Waals surface area contributed by atoms with Crippen molar-refractivity contribution in [3.63, 3.8) is 0 Å². The van der Waals surface area contributed by atoms with Crippen LogP contribution in [0.4, 0.5) is 0 Å². The van der Waals surface area contributed by atoms with Crippen LogP contribution in [0.5, 0.6) is 0 Å². The van der Waals surface area contributed by atoms with Crippen molar-refractivity contribution in [3.8, 4) is 0 Å². The molecule has 5 unspecified atom stereocenters. The number of hydrogen-bond acceptors (Lipinski definition) is 0. The van der Waals surface area contributed by atoms with Crippen molar-refractivity contribution in [1.82, 2.24) is 0 Å². The molecule has 2 aliphatic rings. The summed E-state index contributed by atoms with van der Waals surface area (Å²) in [5.41, 5.74) is 0.565. The maximum absolute atomic E-state index is 2.51. The Labute approximate surface area is 128 Å². The van der Waals surface area contributed by atoms with Crippen LogP contribution >= 0.6 is 0 Å². The second kappa shape index (κ2) is 6.84. The van der Waals surface area contributed by atoms with Gasteiger partial charge in [-0.1, -0.05) is 53.9 Å². The quantitative estimate of drug-likeness (QED) is 0.463. The van der Waals surface area contributed by atoms with Gasteiger partial charge in [-0.05, 0) is 73.5 Å². The molecule has 0 nitrogen and oxygen atoms in total. The average Bonchev–Trinajstić information content (AvgIpc) is 2.31. The van der Waals surface area contributed by atoms with Crippen LogP contribution in [-0.2, 0) is 0 Å². The fraction of sp³-hybridized carbons (Fsp3) is 1.00. The molecule has 2 fully saturated rings. The van der Waals surface area contributed by atoms with Gasteiger partial charge in [0.15, 0.2) is 0 Å². The summed E-state index contributed by atoms with van der Waals surface area (Å²) in [5, 5.41) is 0. The van der Waals surface area contributed by atoms with E-state index in [1.54, 1.807) is 0 Å². The first-order valence-electron chi connectivity index (χ1n) is 9.37. The van der Waals surface area contributed by atoms with E-state index in [1.807, 2.05) is 0 Å².